The third-order valence-corrected chi connectivity index (χ3v) is 2.91. The molecule has 1 aromatic heterocycles. The fourth-order valence-electron chi connectivity index (χ4n) is 2.02. The second-order valence-corrected chi connectivity index (χ2v) is 4.08. The van der Waals surface area contributed by atoms with E-state index in [9.17, 15) is 0 Å². The summed E-state index contributed by atoms with van der Waals surface area (Å²) >= 11 is 0. The number of nitrogens with zero attached hydrogens (tertiary/aromatic N) is 2. The Bertz CT molecular complexity index is 373. The summed E-state index contributed by atoms with van der Waals surface area (Å²) in [6, 6.07) is 2.52. The average Bonchev–Trinajstić information content (AvgIpc) is 2.77. The molecule has 0 spiro atoms. The Morgan fingerprint density at radius 3 is 2.76 bits per heavy atom. The molecule has 1 N–H and O–H groups in total. The Kier molecular flexibility index (Phi) is 5.79. The van der Waals surface area contributed by atoms with Gasteiger partial charge in [-0.25, -0.2) is 0 Å². The van der Waals surface area contributed by atoms with E-state index in [0.717, 1.165) is 38.0 Å². The van der Waals surface area contributed by atoms with Gasteiger partial charge in [0.25, 0.3) is 0 Å². The highest BCUT2D eigenvalue weighted by Gasteiger charge is 2.15. The highest BCUT2D eigenvalue weighted by molar-refractivity contribution is 5.15. The molecule has 3 nitrogen and oxygen atoms in total. The number of nitrogens with one attached hydrogen (secondary N) is 1. The molecule has 94 valence electrons. The van der Waals surface area contributed by atoms with Crippen molar-refractivity contribution in [3.8, 4) is 12.3 Å². The molecule has 0 saturated carbocycles. The molecule has 1 heterocycles. The van der Waals surface area contributed by atoms with Gasteiger partial charge >= 0.3 is 0 Å². The molecule has 3 heteroatoms. The second kappa shape index (κ2) is 7.13. The predicted octanol–water partition coefficient (Wildman–Crippen LogP) is 2.53. The number of aryl methyl sites for hydroxylation is 2. The molecule has 1 atom stereocenters. The van der Waals surface area contributed by atoms with Gasteiger partial charge in [0.2, 0.25) is 0 Å². The summed E-state index contributed by atoms with van der Waals surface area (Å²) in [4.78, 5) is 0. The van der Waals surface area contributed by atoms with Crippen LogP contribution >= 0.6 is 0 Å². The van der Waals surface area contributed by atoms with Gasteiger partial charge in [-0.15, -0.1) is 12.3 Å². The van der Waals surface area contributed by atoms with E-state index in [1.165, 1.54) is 5.69 Å². The number of terminal acetylenes is 1. The lowest BCUT2D eigenvalue weighted by Crippen LogP contribution is -2.23. The molecule has 1 rings (SSSR count). The molecule has 0 fully saturated rings. The van der Waals surface area contributed by atoms with Crippen LogP contribution in [0.3, 0.4) is 0 Å². The quantitative estimate of drug-likeness (QED) is 0.733. The van der Waals surface area contributed by atoms with Crippen LogP contribution in [0.4, 0.5) is 0 Å². The first kappa shape index (κ1) is 13.8. The van der Waals surface area contributed by atoms with Crippen molar-refractivity contribution in [3.05, 3.63) is 17.5 Å². The van der Waals surface area contributed by atoms with Gasteiger partial charge in [0.1, 0.15) is 0 Å². The molecule has 0 aliphatic heterocycles. The minimum atomic E-state index is 0.323. The molecule has 0 aliphatic carbocycles. The van der Waals surface area contributed by atoms with Crippen molar-refractivity contribution in [3.63, 3.8) is 0 Å². The molecule has 17 heavy (non-hydrogen) atoms. The van der Waals surface area contributed by atoms with Gasteiger partial charge in [0.05, 0.1) is 17.4 Å². The third-order valence-electron chi connectivity index (χ3n) is 2.91. The number of hydrogen-bond acceptors (Lipinski definition) is 2. The van der Waals surface area contributed by atoms with Crippen molar-refractivity contribution in [2.45, 2.75) is 52.6 Å². The standard InChI is InChI=1S/C14H23N3/c1-5-9-10-13(15-7-3)14-11-12(6-2)16-17(14)8-4/h1,11,13,15H,6-10H2,2-4H3. The smallest absolute Gasteiger partial charge is 0.0625 e. The molecule has 1 unspecified atom stereocenters. The Balaban J connectivity index is 2.91. The molecule has 0 saturated heterocycles. The summed E-state index contributed by atoms with van der Waals surface area (Å²) in [5, 5.41) is 8.07. The number of aromatic nitrogens is 2. The van der Waals surface area contributed by atoms with Gasteiger partial charge in [-0.05, 0) is 32.4 Å². The van der Waals surface area contributed by atoms with Crippen molar-refractivity contribution >= 4 is 0 Å². The van der Waals surface area contributed by atoms with E-state index in [1.807, 2.05) is 0 Å². The van der Waals surface area contributed by atoms with Gasteiger partial charge in [-0.2, -0.15) is 5.10 Å². The van der Waals surface area contributed by atoms with Crippen LogP contribution in [-0.2, 0) is 13.0 Å². The van der Waals surface area contributed by atoms with Crippen molar-refractivity contribution < 1.29 is 0 Å². The highest BCUT2D eigenvalue weighted by atomic mass is 15.3. The van der Waals surface area contributed by atoms with Gasteiger partial charge in [0, 0.05) is 13.0 Å². The molecule has 0 aromatic carbocycles. The minimum absolute atomic E-state index is 0.323. The molecular formula is C14H23N3. The maximum atomic E-state index is 5.35. The Morgan fingerprint density at radius 2 is 2.24 bits per heavy atom. The zero-order valence-electron chi connectivity index (χ0n) is 11.2. The Labute approximate surface area is 105 Å². The fourth-order valence-corrected chi connectivity index (χ4v) is 2.02. The van der Waals surface area contributed by atoms with Crippen LogP contribution in [0.2, 0.25) is 0 Å². The molecule has 0 bridgehead atoms. The first-order valence-corrected chi connectivity index (χ1v) is 6.50. The number of hydrogen-bond donors (Lipinski definition) is 1. The van der Waals surface area contributed by atoms with Crippen molar-refractivity contribution in [2.75, 3.05) is 6.54 Å². The topological polar surface area (TPSA) is 29.9 Å². The summed E-state index contributed by atoms with van der Waals surface area (Å²) < 4.78 is 2.09. The van der Waals surface area contributed by atoms with Crippen LogP contribution in [0.25, 0.3) is 0 Å². The third kappa shape index (κ3) is 3.61. The lowest BCUT2D eigenvalue weighted by Gasteiger charge is -2.17. The normalized spacial score (nSPS) is 12.4. The molecule has 0 amide bonds. The van der Waals surface area contributed by atoms with Crippen LogP contribution in [0.5, 0.6) is 0 Å². The summed E-state index contributed by atoms with van der Waals surface area (Å²) in [7, 11) is 0. The Hall–Kier alpha value is -1.27. The SMILES string of the molecule is C#CCCC(NCC)c1cc(CC)nn1CC. The van der Waals surface area contributed by atoms with E-state index >= 15 is 0 Å². The van der Waals surface area contributed by atoms with Crippen molar-refractivity contribution in [2.24, 2.45) is 0 Å². The van der Waals surface area contributed by atoms with Gasteiger partial charge < -0.3 is 5.32 Å². The lowest BCUT2D eigenvalue weighted by molar-refractivity contribution is 0.471. The van der Waals surface area contributed by atoms with Crippen molar-refractivity contribution in [1.29, 1.82) is 0 Å². The second-order valence-electron chi connectivity index (χ2n) is 4.08. The van der Waals surface area contributed by atoms with Crippen LogP contribution < -0.4 is 5.32 Å². The molecule has 0 radical (unpaired) electrons. The van der Waals surface area contributed by atoms with Crippen LogP contribution in [-0.4, -0.2) is 16.3 Å². The van der Waals surface area contributed by atoms with Crippen LogP contribution in [0, 0.1) is 12.3 Å². The van der Waals surface area contributed by atoms with Crippen LogP contribution in [0.1, 0.15) is 51.0 Å². The highest BCUT2D eigenvalue weighted by Crippen LogP contribution is 2.20. The maximum absolute atomic E-state index is 5.35. The molecular weight excluding hydrogens is 210 g/mol. The summed E-state index contributed by atoms with van der Waals surface area (Å²) in [5.74, 6) is 2.71. The van der Waals surface area contributed by atoms with E-state index in [0.29, 0.717) is 6.04 Å². The van der Waals surface area contributed by atoms with E-state index in [-0.39, 0.29) is 0 Å². The lowest BCUT2D eigenvalue weighted by atomic mass is 10.1. The largest absolute Gasteiger partial charge is 0.309 e. The van der Waals surface area contributed by atoms with E-state index in [4.69, 9.17) is 6.42 Å². The zero-order valence-corrected chi connectivity index (χ0v) is 11.2. The van der Waals surface area contributed by atoms with Crippen LogP contribution in [0.15, 0.2) is 6.07 Å². The zero-order chi connectivity index (χ0) is 12.7. The molecule has 1 aromatic rings. The van der Waals surface area contributed by atoms with E-state index in [2.05, 4.69) is 47.9 Å². The summed E-state index contributed by atoms with van der Waals surface area (Å²) in [5.41, 5.74) is 2.42. The first-order valence-electron chi connectivity index (χ1n) is 6.50. The minimum Gasteiger partial charge on any atom is -0.309 e. The van der Waals surface area contributed by atoms with E-state index < -0.39 is 0 Å². The monoisotopic (exact) mass is 233 g/mol. The fraction of sp³-hybridized carbons (Fsp3) is 0.643. The van der Waals surface area contributed by atoms with Gasteiger partial charge in [-0.3, -0.25) is 4.68 Å². The number of rotatable bonds is 7. The Morgan fingerprint density at radius 1 is 1.47 bits per heavy atom. The van der Waals surface area contributed by atoms with E-state index in [1.54, 1.807) is 0 Å². The van der Waals surface area contributed by atoms with Gasteiger partial charge in [0.15, 0.2) is 0 Å². The summed E-state index contributed by atoms with van der Waals surface area (Å²) in [6.45, 7) is 8.24. The van der Waals surface area contributed by atoms with Crippen molar-refractivity contribution in [1.82, 2.24) is 15.1 Å². The summed E-state index contributed by atoms with van der Waals surface area (Å²) in [6.07, 6.45) is 8.10. The molecule has 0 aliphatic rings. The predicted molar refractivity (Wildman–Crippen MR) is 71.8 cm³/mol. The average molecular weight is 233 g/mol. The first-order chi connectivity index (χ1) is 8.26. The maximum Gasteiger partial charge on any atom is 0.0625 e. The van der Waals surface area contributed by atoms with Gasteiger partial charge in [-0.1, -0.05) is 13.8 Å².